The molecule has 37 heavy (non-hydrogen) atoms. The van der Waals surface area contributed by atoms with Crippen LogP contribution in [0, 0.1) is 27.4 Å². The van der Waals surface area contributed by atoms with Gasteiger partial charge in [0.25, 0.3) is 11.6 Å². The Bertz CT molecular complexity index is 1470. The lowest BCUT2D eigenvalue weighted by atomic mass is 9.88. The maximum Gasteiger partial charge on any atom is 0.341 e. The SMILES string of the molecule is CCOC(=O)c1c(NC(=O)/C(C#N)=C/c2ccc(-c3ccc([N+](=O)[O-])cc3Cl)o2)sc2c1CC[C@H](C)C2. The van der Waals surface area contributed by atoms with Crippen LogP contribution in [0.5, 0.6) is 0 Å². The molecule has 190 valence electrons. The van der Waals surface area contributed by atoms with E-state index in [4.69, 9.17) is 20.8 Å². The molecule has 1 amide bonds. The van der Waals surface area contributed by atoms with Crippen molar-refractivity contribution >= 4 is 51.6 Å². The Morgan fingerprint density at radius 2 is 2.16 bits per heavy atom. The third-order valence-corrected chi connectivity index (χ3v) is 7.41. The van der Waals surface area contributed by atoms with Crippen LogP contribution in [0.3, 0.4) is 0 Å². The normalized spacial score (nSPS) is 15.0. The number of rotatable bonds is 7. The van der Waals surface area contributed by atoms with E-state index in [-0.39, 0.29) is 28.7 Å². The third-order valence-electron chi connectivity index (χ3n) is 5.93. The number of nitrogens with zero attached hydrogens (tertiary/aromatic N) is 2. The van der Waals surface area contributed by atoms with Crippen LogP contribution in [0.25, 0.3) is 17.4 Å². The van der Waals surface area contributed by atoms with Crippen LogP contribution in [0.1, 0.15) is 46.8 Å². The number of nitro benzene ring substituents is 1. The summed E-state index contributed by atoms with van der Waals surface area (Å²) in [5.41, 5.74) is 1.29. The number of ether oxygens (including phenoxy) is 1. The number of furan rings is 1. The Balaban J connectivity index is 1.60. The zero-order valence-electron chi connectivity index (χ0n) is 20.0. The number of halogens is 1. The minimum atomic E-state index is -0.689. The molecule has 0 saturated heterocycles. The fourth-order valence-corrected chi connectivity index (χ4v) is 5.77. The Hall–Kier alpha value is -3.94. The van der Waals surface area contributed by atoms with Crippen LogP contribution < -0.4 is 5.32 Å². The van der Waals surface area contributed by atoms with Gasteiger partial charge in [-0.15, -0.1) is 11.3 Å². The summed E-state index contributed by atoms with van der Waals surface area (Å²) < 4.78 is 11.0. The molecular formula is C26H22ClN3O6S. The number of nitrogens with one attached hydrogen (secondary N) is 1. The van der Waals surface area contributed by atoms with Crippen molar-refractivity contribution < 1.29 is 23.7 Å². The van der Waals surface area contributed by atoms with Crippen molar-refractivity contribution in [2.45, 2.75) is 33.1 Å². The number of amides is 1. The molecule has 1 aliphatic carbocycles. The molecule has 1 aliphatic rings. The standard InChI is InChI=1S/C26H22ClN3O6S/c1-3-35-26(32)23-19-7-4-14(2)10-22(19)37-25(23)29-24(31)15(13-28)11-17-6-9-21(36-17)18-8-5-16(30(33)34)12-20(18)27/h5-6,8-9,11-12,14H,3-4,7,10H2,1-2H3,(H,29,31)/b15-11+/t14-/m0/s1. The number of carbonyl (C=O) groups excluding carboxylic acids is 2. The second-order valence-electron chi connectivity index (χ2n) is 8.52. The Labute approximate surface area is 221 Å². The topological polar surface area (TPSA) is 135 Å². The Morgan fingerprint density at radius 1 is 1.38 bits per heavy atom. The molecule has 0 aliphatic heterocycles. The molecule has 0 bridgehead atoms. The molecular weight excluding hydrogens is 518 g/mol. The zero-order valence-corrected chi connectivity index (χ0v) is 21.6. The molecule has 1 atom stereocenters. The average molecular weight is 540 g/mol. The van der Waals surface area contributed by atoms with Gasteiger partial charge in [0.15, 0.2) is 0 Å². The summed E-state index contributed by atoms with van der Waals surface area (Å²) >= 11 is 7.51. The van der Waals surface area contributed by atoms with Crippen molar-refractivity contribution in [3.8, 4) is 17.4 Å². The molecule has 0 spiro atoms. The lowest BCUT2D eigenvalue weighted by Crippen LogP contribution is -2.17. The maximum atomic E-state index is 13.0. The van der Waals surface area contributed by atoms with Crippen molar-refractivity contribution in [2.24, 2.45) is 5.92 Å². The molecule has 0 radical (unpaired) electrons. The van der Waals surface area contributed by atoms with E-state index in [1.165, 1.54) is 35.6 Å². The molecule has 0 fully saturated rings. The van der Waals surface area contributed by atoms with Crippen molar-refractivity contribution in [3.05, 3.63) is 72.8 Å². The number of fused-ring (bicyclic) bond motifs is 1. The highest BCUT2D eigenvalue weighted by molar-refractivity contribution is 7.17. The molecule has 2 aromatic heterocycles. The van der Waals surface area contributed by atoms with Crippen LogP contribution in [-0.2, 0) is 22.4 Å². The van der Waals surface area contributed by atoms with Gasteiger partial charge in [-0.1, -0.05) is 18.5 Å². The lowest BCUT2D eigenvalue weighted by molar-refractivity contribution is -0.384. The summed E-state index contributed by atoms with van der Waals surface area (Å²) in [5, 5.41) is 23.8. The van der Waals surface area contributed by atoms with Gasteiger partial charge in [-0.2, -0.15) is 5.26 Å². The number of non-ortho nitro benzene ring substituents is 1. The van der Waals surface area contributed by atoms with Gasteiger partial charge in [-0.25, -0.2) is 4.79 Å². The van der Waals surface area contributed by atoms with Crippen molar-refractivity contribution in [1.29, 1.82) is 5.26 Å². The zero-order chi connectivity index (χ0) is 26.7. The van der Waals surface area contributed by atoms with Gasteiger partial charge in [-0.05, 0) is 55.9 Å². The summed E-state index contributed by atoms with van der Waals surface area (Å²) in [6.45, 7) is 4.06. The number of thiophene rings is 1. The fraction of sp³-hybridized carbons (Fsp3) is 0.269. The predicted molar refractivity (Wildman–Crippen MR) is 139 cm³/mol. The number of hydrogen-bond acceptors (Lipinski definition) is 8. The first-order valence-electron chi connectivity index (χ1n) is 11.5. The number of hydrogen-bond donors (Lipinski definition) is 1. The largest absolute Gasteiger partial charge is 0.462 e. The van der Waals surface area contributed by atoms with Crippen LogP contribution in [0.15, 0.2) is 40.3 Å². The van der Waals surface area contributed by atoms with Crippen molar-refractivity contribution in [2.75, 3.05) is 11.9 Å². The van der Waals surface area contributed by atoms with Crippen LogP contribution in [0.2, 0.25) is 5.02 Å². The molecule has 1 aromatic carbocycles. The summed E-state index contributed by atoms with van der Waals surface area (Å²) in [6, 6.07) is 8.98. The van der Waals surface area contributed by atoms with Crippen molar-refractivity contribution in [3.63, 3.8) is 0 Å². The number of anilines is 1. The first-order chi connectivity index (χ1) is 17.7. The lowest BCUT2D eigenvalue weighted by Gasteiger charge is -2.18. The van der Waals surface area contributed by atoms with E-state index in [9.17, 15) is 25.0 Å². The highest BCUT2D eigenvalue weighted by atomic mass is 35.5. The molecule has 1 N–H and O–H groups in total. The first kappa shape index (κ1) is 26.1. The maximum absolute atomic E-state index is 13.0. The quantitative estimate of drug-likeness (QED) is 0.120. The van der Waals surface area contributed by atoms with Gasteiger partial charge < -0.3 is 14.5 Å². The molecule has 2 heterocycles. The smallest absolute Gasteiger partial charge is 0.341 e. The summed E-state index contributed by atoms with van der Waals surface area (Å²) in [6.07, 6.45) is 3.74. The van der Waals surface area contributed by atoms with E-state index < -0.39 is 16.8 Å². The van der Waals surface area contributed by atoms with Gasteiger partial charge in [0.05, 0.1) is 22.1 Å². The Morgan fingerprint density at radius 3 is 2.84 bits per heavy atom. The summed E-state index contributed by atoms with van der Waals surface area (Å²) in [4.78, 5) is 37.1. The fourth-order valence-electron chi connectivity index (χ4n) is 4.11. The molecule has 11 heteroatoms. The number of nitriles is 1. The average Bonchev–Trinajstić information content (AvgIpc) is 3.46. The van der Waals surface area contributed by atoms with E-state index in [0.717, 1.165) is 29.7 Å². The van der Waals surface area contributed by atoms with Gasteiger partial charge in [-0.3, -0.25) is 14.9 Å². The monoisotopic (exact) mass is 539 g/mol. The number of benzene rings is 1. The minimum absolute atomic E-state index is 0.125. The minimum Gasteiger partial charge on any atom is -0.462 e. The first-order valence-corrected chi connectivity index (χ1v) is 12.7. The van der Waals surface area contributed by atoms with Gasteiger partial charge >= 0.3 is 5.97 Å². The number of esters is 1. The second-order valence-corrected chi connectivity index (χ2v) is 10.0. The van der Waals surface area contributed by atoms with Crippen molar-refractivity contribution in [1.82, 2.24) is 0 Å². The molecule has 9 nitrogen and oxygen atoms in total. The predicted octanol–water partition coefficient (Wildman–Crippen LogP) is 6.42. The number of nitro groups is 1. The molecule has 0 unspecified atom stereocenters. The van der Waals surface area contributed by atoms with E-state index in [1.807, 2.05) is 6.07 Å². The van der Waals surface area contributed by atoms with Crippen LogP contribution >= 0.6 is 22.9 Å². The van der Waals surface area contributed by atoms with Gasteiger partial charge in [0.2, 0.25) is 0 Å². The Kier molecular flexibility index (Phi) is 7.76. The van der Waals surface area contributed by atoms with E-state index in [0.29, 0.717) is 27.8 Å². The van der Waals surface area contributed by atoms with Crippen LogP contribution in [-0.4, -0.2) is 23.4 Å². The molecule has 3 aromatic rings. The number of carbonyl (C=O) groups is 2. The highest BCUT2D eigenvalue weighted by Gasteiger charge is 2.29. The van der Waals surface area contributed by atoms with E-state index >= 15 is 0 Å². The molecule has 4 rings (SSSR count). The highest BCUT2D eigenvalue weighted by Crippen LogP contribution is 2.40. The third kappa shape index (κ3) is 5.58. The summed E-state index contributed by atoms with van der Waals surface area (Å²) in [7, 11) is 0. The molecule has 0 saturated carbocycles. The van der Waals surface area contributed by atoms with Crippen LogP contribution in [0.4, 0.5) is 10.7 Å². The van der Waals surface area contributed by atoms with Gasteiger partial charge in [0, 0.05) is 28.6 Å². The second kappa shape index (κ2) is 11.0. The van der Waals surface area contributed by atoms with Gasteiger partial charge in [0.1, 0.15) is 28.2 Å². The van der Waals surface area contributed by atoms with E-state index in [1.54, 1.807) is 19.1 Å². The van der Waals surface area contributed by atoms with E-state index in [2.05, 4.69) is 12.2 Å². The summed E-state index contributed by atoms with van der Waals surface area (Å²) in [5.74, 6) is -0.194.